The summed E-state index contributed by atoms with van der Waals surface area (Å²) in [5.41, 5.74) is 5.30. The predicted octanol–water partition coefficient (Wildman–Crippen LogP) is 0.159. The van der Waals surface area contributed by atoms with Gasteiger partial charge < -0.3 is 15.7 Å². The lowest BCUT2D eigenvalue weighted by molar-refractivity contribution is 0.186. The first-order valence-electron chi connectivity index (χ1n) is 3.37. The van der Waals surface area contributed by atoms with Crippen LogP contribution >= 0.6 is 0 Å². The van der Waals surface area contributed by atoms with Crippen molar-refractivity contribution >= 4 is 5.84 Å². The topological polar surface area (TPSA) is 67.8 Å². The third-order valence-electron chi connectivity index (χ3n) is 1.65. The average molecular weight is 144 g/mol. The summed E-state index contributed by atoms with van der Waals surface area (Å²) in [6.07, 6.45) is 1.67. The Kier molecular flexibility index (Phi) is 2.50. The largest absolute Gasteiger partial charge is 0.409 e. The first-order chi connectivity index (χ1) is 4.83. The van der Waals surface area contributed by atoms with Gasteiger partial charge in [0.1, 0.15) is 5.84 Å². The molecule has 0 aromatic rings. The number of oxime groups is 1. The smallest absolute Gasteiger partial charge is 0.139 e. The Morgan fingerprint density at radius 2 is 2.60 bits per heavy atom. The lowest BCUT2D eigenvalue weighted by Gasteiger charge is -2.03. The predicted molar refractivity (Wildman–Crippen MR) is 37.0 cm³/mol. The highest BCUT2D eigenvalue weighted by molar-refractivity contribution is 5.79. The van der Waals surface area contributed by atoms with Gasteiger partial charge >= 0.3 is 0 Å². The van der Waals surface area contributed by atoms with Crippen LogP contribution < -0.4 is 5.73 Å². The third kappa shape index (κ3) is 1.88. The summed E-state index contributed by atoms with van der Waals surface area (Å²) in [6.45, 7) is 1.56. The van der Waals surface area contributed by atoms with Crippen LogP contribution in [0.25, 0.3) is 0 Å². The summed E-state index contributed by atoms with van der Waals surface area (Å²) in [4.78, 5) is 0. The van der Waals surface area contributed by atoms with Gasteiger partial charge in [0.25, 0.3) is 0 Å². The summed E-state index contributed by atoms with van der Waals surface area (Å²) >= 11 is 0. The fraction of sp³-hybridized carbons (Fsp3) is 0.833. The van der Waals surface area contributed by atoms with Crippen LogP contribution in [0.2, 0.25) is 0 Å². The van der Waals surface area contributed by atoms with E-state index in [9.17, 15) is 0 Å². The molecule has 1 saturated heterocycles. The van der Waals surface area contributed by atoms with Crippen molar-refractivity contribution in [3.05, 3.63) is 0 Å². The highest BCUT2D eigenvalue weighted by Gasteiger charge is 2.16. The molecule has 1 heterocycles. The van der Waals surface area contributed by atoms with Crippen LogP contribution in [0.1, 0.15) is 12.8 Å². The maximum atomic E-state index is 8.22. The van der Waals surface area contributed by atoms with Crippen LogP contribution in [0.4, 0.5) is 0 Å². The zero-order chi connectivity index (χ0) is 7.40. The van der Waals surface area contributed by atoms with Crippen LogP contribution in [0, 0.1) is 5.92 Å². The fourth-order valence-corrected chi connectivity index (χ4v) is 1.08. The SMILES string of the molecule is N/C(CC1CCOC1)=N\O. The monoisotopic (exact) mass is 144 g/mol. The summed E-state index contributed by atoms with van der Waals surface area (Å²) in [7, 11) is 0. The maximum Gasteiger partial charge on any atom is 0.139 e. The zero-order valence-corrected chi connectivity index (χ0v) is 5.79. The minimum Gasteiger partial charge on any atom is -0.409 e. The molecule has 0 saturated carbocycles. The molecule has 4 heteroatoms. The van der Waals surface area contributed by atoms with E-state index in [-0.39, 0.29) is 0 Å². The van der Waals surface area contributed by atoms with Crippen LogP contribution in [-0.2, 0) is 4.74 Å². The summed E-state index contributed by atoms with van der Waals surface area (Å²) in [6, 6.07) is 0. The summed E-state index contributed by atoms with van der Waals surface area (Å²) in [5.74, 6) is 0.756. The Labute approximate surface area is 59.7 Å². The van der Waals surface area contributed by atoms with Crippen molar-refractivity contribution in [2.45, 2.75) is 12.8 Å². The molecular formula is C6H12N2O2. The molecule has 1 rings (SSSR count). The normalized spacial score (nSPS) is 27.2. The van der Waals surface area contributed by atoms with Gasteiger partial charge in [-0.25, -0.2) is 0 Å². The summed E-state index contributed by atoms with van der Waals surface area (Å²) in [5, 5.41) is 11.1. The molecule has 1 aliphatic rings. The average Bonchev–Trinajstić information content (AvgIpc) is 2.40. The van der Waals surface area contributed by atoms with Crippen molar-refractivity contribution in [2.75, 3.05) is 13.2 Å². The number of nitrogens with zero attached hydrogens (tertiary/aromatic N) is 1. The van der Waals surface area contributed by atoms with E-state index in [4.69, 9.17) is 15.7 Å². The highest BCUT2D eigenvalue weighted by atomic mass is 16.5. The molecular weight excluding hydrogens is 132 g/mol. The van der Waals surface area contributed by atoms with Crippen molar-refractivity contribution in [2.24, 2.45) is 16.8 Å². The lowest BCUT2D eigenvalue weighted by Crippen LogP contribution is -2.16. The second-order valence-corrected chi connectivity index (χ2v) is 2.53. The van der Waals surface area contributed by atoms with Crippen LogP contribution in [0.15, 0.2) is 5.16 Å². The van der Waals surface area contributed by atoms with E-state index in [2.05, 4.69) is 5.16 Å². The Balaban J connectivity index is 2.24. The van der Waals surface area contributed by atoms with Crippen LogP contribution in [0.5, 0.6) is 0 Å². The number of nitrogens with two attached hydrogens (primary N) is 1. The molecule has 0 aliphatic carbocycles. The second-order valence-electron chi connectivity index (χ2n) is 2.53. The number of rotatable bonds is 2. The Morgan fingerprint density at radius 3 is 3.10 bits per heavy atom. The Bertz CT molecular complexity index is 130. The Hall–Kier alpha value is -0.770. The fourth-order valence-electron chi connectivity index (χ4n) is 1.08. The number of hydrogen-bond acceptors (Lipinski definition) is 3. The number of hydrogen-bond donors (Lipinski definition) is 2. The quantitative estimate of drug-likeness (QED) is 0.251. The molecule has 10 heavy (non-hydrogen) atoms. The van der Waals surface area contributed by atoms with Gasteiger partial charge in [0.05, 0.1) is 0 Å². The molecule has 3 N–H and O–H groups in total. The molecule has 0 spiro atoms. The standard InChI is InChI=1S/C6H12N2O2/c7-6(8-9)3-5-1-2-10-4-5/h5,9H,1-4H2,(H2,7,8). The van der Waals surface area contributed by atoms with E-state index in [1.807, 2.05) is 0 Å². The minimum absolute atomic E-state index is 0.301. The zero-order valence-electron chi connectivity index (χ0n) is 5.79. The molecule has 0 amide bonds. The third-order valence-corrected chi connectivity index (χ3v) is 1.65. The molecule has 0 aromatic carbocycles. The molecule has 0 bridgehead atoms. The van der Waals surface area contributed by atoms with E-state index >= 15 is 0 Å². The lowest BCUT2D eigenvalue weighted by atomic mass is 10.1. The molecule has 58 valence electrons. The first kappa shape index (κ1) is 7.34. The van der Waals surface area contributed by atoms with Crippen molar-refractivity contribution in [3.63, 3.8) is 0 Å². The maximum absolute atomic E-state index is 8.22. The van der Waals surface area contributed by atoms with Gasteiger partial charge in [-0.15, -0.1) is 0 Å². The van der Waals surface area contributed by atoms with E-state index in [1.165, 1.54) is 0 Å². The van der Waals surface area contributed by atoms with E-state index in [1.54, 1.807) is 0 Å². The van der Waals surface area contributed by atoms with Crippen molar-refractivity contribution in [3.8, 4) is 0 Å². The molecule has 4 nitrogen and oxygen atoms in total. The second kappa shape index (κ2) is 3.41. The molecule has 1 aliphatic heterocycles. The molecule has 0 radical (unpaired) electrons. The van der Waals surface area contributed by atoms with Gasteiger partial charge in [-0.1, -0.05) is 5.16 Å². The van der Waals surface area contributed by atoms with Crippen molar-refractivity contribution < 1.29 is 9.94 Å². The van der Waals surface area contributed by atoms with Crippen molar-refractivity contribution in [1.82, 2.24) is 0 Å². The van der Waals surface area contributed by atoms with Gasteiger partial charge in [0, 0.05) is 19.6 Å². The molecule has 1 fully saturated rings. The number of amidine groups is 1. The van der Waals surface area contributed by atoms with E-state index < -0.39 is 0 Å². The van der Waals surface area contributed by atoms with Gasteiger partial charge in [0.2, 0.25) is 0 Å². The van der Waals surface area contributed by atoms with Gasteiger partial charge in [0.15, 0.2) is 0 Å². The number of ether oxygens (including phenoxy) is 1. The highest BCUT2D eigenvalue weighted by Crippen LogP contribution is 2.15. The molecule has 1 unspecified atom stereocenters. The van der Waals surface area contributed by atoms with Crippen LogP contribution in [-0.4, -0.2) is 24.3 Å². The van der Waals surface area contributed by atoms with E-state index in [0.717, 1.165) is 19.6 Å². The first-order valence-corrected chi connectivity index (χ1v) is 3.37. The molecule has 0 aromatic heterocycles. The van der Waals surface area contributed by atoms with Crippen molar-refractivity contribution in [1.29, 1.82) is 0 Å². The van der Waals surface area contributed by atoms with Crippen LogP contribution in [0.3, 0.4) is 0 Å². The van der Waals surface area contributed by atoms with Gasteiger partial charge in [-0.2, -0.15) is 0 Å². The Morgan fingerprint density at radius 1 is 1.80 bits per heavy atom. The summed E-state index contributed by atoms with van der Waals surface area (Å²) < 4.78 is 5.11. The minimum atomic E-state index is 0.301. The van der Waals surface area contributed by atoms with E-state index in [0.29, 0.717) is 18.2 Å². The molecule has 1 atom stereocenters. The van der Waals surface area contributed by atoms with Gasteiger partial charge in [-0.3, -0.25) is 0 Å². The van der Waals surface area contributed by atoms with Gasteiger partial charge in [-0.05, 0) is 12.3 Å².